The lowest BCUT2D eigenvalue weighted by molar-refractivity contribution is 0.441. The maximum absolute atomic E-state index is 9.43. The Morgan fingerprint density at radius 2 is 1.93 bits per heavy atom. The van der Waals surface area contributed by atoms with Crippen molar-refractivity contribution in [1.29, 1.82) is 5.26 Å². The van der Waals surface area contributed by atoms with Crippen LogP contribution in [0.4, 0.5) is 11.5 Å². The Hall–Kier alpha value is -2.88. The molecular formula is C20H15ClN4OS. The van der Waals surface area contributed by atoms with Gasteiger partial charge < -0.3 is 16.2 Å². The lowest BCUT2D eigenvalue weighted by Crippen LogP contribution is -2.15. The first-order chi connectivity index (χ1) is 13.0. The van der Waals surface area contributed by atoms with Crippen molar-refractivity contribution in [1.82, 2.24) is 4.98 Å². The predicted octanol–water partition coefficient (Wildman–Crippen LogP) is 5.07. The molecule has 0 spiro atoms. The van der Waals surface area contributed by atoms with E-state index in [1.165, 1.54) is 0 Å². The summed E-state index contributed by atoms with van der Waals surface area (Å²) in [7, 11) is 0. The number of rotatable bonds is 2. The molecule has 0 bridgehead atoms. The number of anilines is 2. The maximum Gasteiger partial charge on any atom is 0.228 e. The number of aromatic nitrogens is 1. The summed E-state index contributed by atoms with van der Waals surface area (Å²) in [5, 5.41) is 9.91. The molecule has 0 radical (unpaired) electrons. The van der Waals surface area contributed by atoms with Crippen LogP contribution in [0, 0.1) is 18.3 Å². The number of aryl methyl sites for hydroxylation is 1. The van der Waals surface area contributed by atoms with Crippen LogP contribution in [0.3, 0.4) is 0 Å². The third kappa shape index (κ3) is 3.05. The van der Waals surface area contributed by atoms with Gasteiger partial charge in [-0.3, -0.25) is 0 Å². The first-order valence-electron chi connectivity index (χ1n) is 8.17. The summed E-state index contributed by atoms with van der Waals surface area (Å²) in [6, 6.07) is 15.6. The Labute approximate surface area is 165 Å². The largest absolute Gasteiger partial charge is 0.438 e. The van der Waals surface area contributed by atoms with Gasteiger partial charge in [0, 0.05) is 15.5 Å². The second kappa shape index (κ2) is 6.69. The smallest absolute Gasteiger partial charge is 0.228 e. The van der Waals surface area contributed by atoms with E-state index in [0.29, 0.717) is 27.9 Å². The van der Waals surface area contributed by atoms with E-state index in [4.69, 9.17) is 27.8 Å². The number of ether oxygens (including phenoxy) is 1. The van der Waals surface area contributed by atoms with Gasteiger partial charge >= 0.3 is 0 Å². The van der Waals surface area contributed by atoms with Crippen LogP contribution in [0.2, 0.25) is 5.02 Å². The van der Waals surface area contributed by atoms with Crippen LogP contribution < -0.4 is 16.2 Å². The highest BCUT2D eigenvalue weighted by molar-refractivity contribution is 7.99. The fraction of sp³-hybridized carbons (Fsp3) is 0.100. The molecular weight excluding hydrogens is 380 g/mol. The molecule has 1 unspecified atom stereocenters. The molecule has 27 heavy (non-hydrogen) atoms. The summed E-state index contributed by atoms with van der Waals surface area (Å²) in [6.07, 6.45) is 0. The van der Waals surface area contributed by atoms with E-state index in [9.17, 15) is 5.26 Å². The van der Waals surface area contributed by atoms with Crippen molar-refractivity contribution >= 4 is 34.9 Å². The van der Waals surface area contributed by atoms with Crippen molar-refractivity contribution in [3.05, 3.63) is 69.7 Å². The zero-order valence-corrected chi connectivity index (χ0v) is 15.9. The zero-order valence-electron chi connectivity index (χ0n) is 14.4. The predicted molar refractivity (Wildman–Crippen MR) is 108 cm³/mol. The van der Waals surface area contributed by atoms with E-state index in [1.807, 2.05) is 49.4 Å². The molecule has 134 valence electrons. The average molecular weight is 395 g/mol. The van der Waals surface area contributed by atoms with E-state index in [2.05, 4.69) is 11.1 Å². The van der Waals surface area contributed by atoms with E-state index >= 15 is 0 Å². The molecule has 0 saturated carbocycles. The first-order valence-corrected chi connectivity index (χ1v) is 9.43. The Kier molecular flexibility index (Phi) is 4.34. The van der Waals surface area contributed by atoms with Gasteiger partial charge in [0.25, 0.3) is 0 Å². The van der Waals surface area contributed by atoms with Crippen LogP contribution in [0.1, 0.15) is 27.5 Å². The minimum atomic E-state index is -0.190. The van der Waals surface area contributed by atoms with Crippen LogP contribution in [-0.2, 0) is 0 Å². The Morgan fingerprint density at radius 3 is 2.63 bits per heavy atom. The molecule has 4 N–H and O–H groups in total. The van der Waals surface area contributed by atoms with Gasteiger partial charge in [0.15, 0.2) is 0 Å². The molecule has 1 aromatic heterocycles. The standard InChI is InChI=1S/C20H15ClN4OS/c1-10-2-7-15-13(8-10)18(27-12-5-3-11(21)4-6-12)16-17(23)14(9-22)19(24)25-20(16)26-15/h2-8,18H,1H3,(H4,23,24,25). The van der Waals surface area contributed by atoms with Crippen molar-refractivity contribution in [3.63, 3.8) is 0 Å². The van der Waals surface area contributed by atoms with Gasteiger partial charge in [0.1, 0.15) is 23.2 Å². The SMILES string of the molecule is Cc1ccc2c(c1)C(Sc1ccc(Cl)cc1)c1c(nc(N)c(C#N)c1N)O2. The minimum Gasteiger partial charge on any atom is -0.438 e. The quantitative estimate of drug-likeness (QED) is 0.629. The van der Waals surface area contributed by atoms with Crippen LogP contribution in [0.5, 0.6) is 11.6 Å². The number of fused-ring (bicyclic) bond motifs is 2. The van der Waals surface area contributed by atoms with Gasteiger partial charge in [0.2, 0.25) is 5.88 Å². The third-order valence-electron chi connectivity index (χ3n) is 4.36. The summed E-state index contributed by atoms with van der Waals surface area (Å²) < 4.78 is 5.97. The molecule has 1 atom stereocenters. The average Bonchev–Trinajstić information content (AvgIpc) is 2.64. The summed E-state index contributed by atoms with van der Waals surface area (Å²) in [6.45, 7) is 2.02. The normalized spacial score (nSPS) is 14.6. The highest BCUT2D eigenvalue weighted by Crippen LogP contribution is 2.54. The van der Waals surface area contributed by atoms with Crippen molar-refractivity contribution in [2.45, 2.75) is 17.1 Å². The van der Waals surface area contributed by atoms with E-state index in [1.54, 1.807) is 11.8 Å². The fourth-order valence-corrected chi connectivity index (χ4v) is 4.41. The second-order valence-corrected chi connectivity index (χ2v) is 7.83. The molecule has 1 aliphatic heterocycles. The number of nitrogens with two attached hydrogens (primary N) is 2. The van der Waals surface area contributed by atoms with Crippen LogP contribution in [0.25, 0.3) is 0 Å². The van der Waals surface area contributed by atoms with Gasteiger partial charge in [0.05, 0.1) is 16.5 Å². The maximum atomic E-state index is 9.43. The Balaban J connectivity index is 1.92. The molecule has 5 nitrogen and oxygen atoms in total. The fourth-order valence-electron chi connectivity index (χ4n) is 3.06. The molecule has 0 amide bonds. The van der Waals surface area contributed by atoms with Crippen LogP contribution >= 0.6 is 23.4 Å². The first kappa shape index (κ1) is 17.5. The third-order valence-corrected chi connectivity index (χ3v) is 5.89. The minimum absolute atomic E-state index is 0.0690. The second-order valence-electron chi connectivity index (χ2n) is 6.21. The summed E-state index contributed by atoms with van der Waals surface area (Å²) in [4.78, 5) is 5.30. The van der Waals surface area contributed by atoms with Gasteiger partial charge in [-0.2, -0.15) is 10.2 Å². The molecule has 0 saturated heterocycles. The lowest BCUT2D eigenvalue weighted by atomic mass is 9.97. The monoisotopic (exact) mass is 394 g/mol. The van der Waals surface area contributed by atoms with E-state index < -0.39 is 0 Å². The molecule has 2 heterocycles. The number of nitrogen functional groups attached to an aromatic ring is 2. The van der Waals surface area contributed by atoms with Gasteiger partial charge in [-0.15, -0.1) is 11.8 Å². The Morgan fingerprint density at radius 1 is 1.19 bits per heavy atom. The molecule has 3 aromatic rings. The topological polar surface area (TPSA) is 98.0 Å². The summed E-state index contributed by atoms with van der Waals surface area (Å²) in [5.74, 6) is 1.11. The number of halogens is 1. The highest BCUT2D eigenvalue weighted by Gasteiger charge is 2.33. The van der Waals surface area contributed by atoms with Gasteiger partial charge in [-0.25, -0.2) is 0 Å². The number of hydrogen-bond acceptors (Lipinski definition) is 6. The van der Waals surface area contributed by atoms with Crippen molar-refractivity contribution in [2.75, 3.05) is 11.5 Å². The molecule has 4 rings (SSSR count). The van der Waals surface area contributed by atoms with E-state index in [-0.39, 0.29) is 16.6 Å². The number of benzene rings is 2. The number of hydrogen-bond donors (Lipinski definition) is 2. The molecule has 1 aliphatic rings. The summed E-state index contributed by atoms with van der Waals surface area (Å²) >= 11 is 7.61. The van der Waals surface area contributed by atoms with Gasteiger partial charge in [-0.1, -0.05) is 29.3 Å². The number of nitriles is 1. The molecule has 2 aromatic carbocycles. The van der Waals surface area contributed by atoms with Crippen molar-refractivity contribution < 1.29 is 4.74 Å². The zero-order chi connectivity index (χ0) is 19.1. The van der Waals surface area contributed by atoms with Crippen LogP contribution in [-0.4, -0.2) is 4.98 Å². The van der Waals surface area contributed by atoms with E-state index in [0.717, 1.165) is 16.0 Å². The molecule has 0 fully saturated rings. The number of thioether (sulfide) groups is 1. The molecule has 0 aliphatic carbocycles. The molecule has 7 heteroatoms. The van der Waals surface area contributed by atoms with Crippen molar-refractivity contribution in [3.8, 4) is 17.7 Å². The highest BCUT2D eigenvalue weighted by atomic mass is 35.5. The van der Waals surface area contributed by atoms with Gasteiger partial charge in [-0.05, 0) is 37.3 Å². The van der Waals surface area contributed by atoms with Crippen LogP contribution in [0.15, 0.2) is 47.4 Å². The van der Waals surface area contributed by atoms with Crippen molar-refractivity contribution in [2.24, 2.45) is 0 Å². The number of pyridine rings is 1. The number of nitrogens with zero attached hydrogens (tertiary/aromatic N) is 2. The summed E-state index contributed by atoms with van der Waals surface area (Å²) in [5.41, 5.74) is 15.4. The lowest BCUT2D eigenvalue weighted by Gasteiger charge is -2.29. The Bertz CT molecular complexity index is 1090.